The Morgan fingerprint density at radius 1 is 1.18 bits per heavy atom. The van der Waals surface area contributed by atoms with Gasteiger partial charge < -0.3 is 14.2 Å². The van der Waals surface area contributed by atoms with E-state index >= 15 is 0 Å². The maximum absolute atomic E-state index is 12.0. The largest absolute Gasteiger partial charge is 0.493 e. The lowest BCUT2D eigenvalue weighted by atomic mass is 9.35. The van der Waals surface area contributed by atoms with E-state index in [0.717, 1.165) is 62.3 Å². The molecule has 186 valence electrons. The summed E-state index contributed by atoms with van der Waals surface area (Å²) in [6.45, 7) is 2.43. The van der Waals surface area contributed by atoms with Gasteiger partial charge in [0.2, 0.25) is 0 Å². The molecule has 8 heteroatoms. The summed E-state index contributed by atoms with van der Waals surface area (Å²) < 4.78 is 48.5. The molecular formula is C26H35NO6S. The summed E-state index contributed by atoms with van der Waals surface area (Å²) in [4.78, 5) is 2.78. The van der Waals surface area contributed by atoms with E-state index < -0.39 is 15.7 Å². The van der Waals surface area contributed by atoms with E-state index in [9.17, 15) is 8.42 Å². The fourth-order valence-electron chi connectivity index (χ4n) is 9.10. The Hall–Kier alpha value is -1.35. The third kappa shape index (κ3) is 2.56. The molecule has 8 rings (SSSR count). The van der Waals surface area contributed by atoms with Crippen LogP contribution in [0.1, 0.15) is 49.7 Å². The Balaban J connectivity index is 1.42. The number of fused-ring (bicyclic) bond motifs is 2. The summed E-state index contributed by atoms with van der Waals surface area (Å²) in [6.07, 6.45) is 8.62. The average Bonchev–Trinajstić information content (AvgIpc) is 3.56. The zero-order valence-electron chi connectivity index (χ0n) is 20.3. The number of nitrogens with zero attached hydrogens (tertiary/aromatic N) is 1. The fourth-order valence-corrected chi connectivity index (χ4v) is 9.51. The molecule has 2 aliphatic heterocycles. The standard InChI is InChI=1S/C26H35NO6S/c1-30-19-7-6-17-12-20-24-8-9-26(31-2,18(13-24)15-32-34(3,28)29)23-25(24,21(17)22(19)33-23)10-11-27(20)14-16-4-5-16/h6-7,16,18,20,23H,4-5,8-15H2,1-3H3/t18-,20-,23-,24-,25+,26-/m1/s1. The highest BCUT2D eigenvalue weighted by Crippen LogP contribution is 2.76. The molecule has 5 aliphatic carbocycles. The monoisotopic (exact) mass is 489 g/mol. The minimum atomic E-state index is -3.54. The third-order valence-corrected chi connectivity index (χ3v) is 11.1. The first-order valence-corrected chi connectivity index (χ1v) is 14.6. The van der Waals surface area contributed by atoms with Crippen LogP contribution in [0.3, 0.4) is 0 Å². The second-order valence-corrected chi connectivity index (χ2v) is 13.4. The molecule has 7 aliphatic rings. The number of piperidine rings is 1. The van der Waals surface area contributed by atoms with Crippen LogP contribution in [0.25, 0.3) is 0 Å². The Bertz CT molecular complexity index is 1150. The second-order valence-electron chi connectivity index (χ2n) is 11.7. The van der Waals surface area contributed by atoms with E-state index in [-0.39, 0.29) is 29.5 Å². The van der Waals surface area contributed by atoms with Gasteiger partial charge in [0.15, 0.2) is 11.5 Å². The highest BCUT2D eigenvalue weighted by atomic mass is 32.2. The lowest BCUT2D eigenvalue weighted by molar-refractivity contribution is -0.280. The average molecular weight is 490 g/mol. The molecule has 2 heterocycles. The smallest absolute Gasteiger partial charge is 0.264 e. The van der Waals surface area contributed by atoms with Gasteiger partial charge in [-0.2, -0.15) is 8.42 Å². The zero-order chi connectivity index (χ0) is 23.5. The van der Waals surface area contributed by atoms with Crippen molar-refractivity contribution in [3.8, 4) is 11.5 Å². The molecule has 0 aromatic heterocycles. The van der Waals surface area contributed by atoms with Gasteiger partial charge in [-0.15, -0.1) is 0 Å². The maximum Gasteiger partial charge on any atom is 0.264 e. The highest BCUT2D eigenvalue weighted by Gasteiger charge is 2.80. The Labute approximate surface area is 202 Å². The number of benzene rings is 1. The van der Waals surface area contributed by atoms with Crippen LogP contribution in [0.15, 0.2) is 12.1 Å². The zero-order valence-corrected chi connectivity index (χ0v) is 21.2. The molecule has 34 heavy (non-hydrogen) atoms. The number of hydrogen-bond donors (Lipinski definition) is 0. The summed E-state index contributed by atoms with van der Waals surface area (Å²) in [5.41, 5.74) is 2.10. The lowest BCUT2D eigenvalue weighted by Gasteiger charge is -2.73. The van der Waals surface area contributed by atoms with Crippen LogP contribution in [-0.4, -0.2) is 71.2 Å². The summed E-state index contributed by atoms with van der Waals surface area (Å²) in [7, 11) is -0.0559. The number of ether oxygens (including phenoxy) is 3. The van der Waals surface area contributed by atoms with Gasteiger partial charge in [-0.25, -0.2) is 0 Å². The van der Waals surface area contributed by atoms with Gasteiger partial charge in [0.05, 0.1) is 20.0 Å². The molecule has 5 fully saturated rings. The summed E-state index contributed by atoms with van der Waals surface area (Å²) in [5, 5.41) is 0. The molecule has 1 aromatic rings. The topological polar surface area (TPSA) is 74.3 Å². The Morgan fingerprint density at radius 2 is 2.00 bits per heavy atom. The van der Waals surface area contributed by atoms with Crippen LogP contribution >= 0.6 is 0 Å². The third-order valence-electron chi connectivity index (χ3n) is 10.5. The SMILES string of the molecule is COc1ccc2c3c1O[C@H]1[C@@]4(OC)CC[C@@]5(C[C@@H]4COS(C)(=O)=O)[C@@H](C2)N(CC2CC2)CC[C@]315. The van der Waals surface area contributed by atoms with Crippen LogP contribution in [0, 0.1) is 17.3 Å². The van der Waals surface area contributed by atoms with Gasteiger partial charge in [-0.05, 0) is 69.0 Å². The quantitative estimate of drug-likeness (QED) is 0.545. The predicted octanol–water partition coefficient (Wildman–Crippen LogP) is 2.90. The molecule has 4 bridgehead atoms. The summed E-state index contributed by atoms with van der Waals surface area (Å²) in [5.74, 6) is 2.50. The van der Waals surface area contributed by atoms with Crippen molar-refractivity contribution in [1.29, 1.82) is 0 Å². The van der Waals surface area contributed by atoms with E-state index in [2.05, 4.69) is 17.0 Å². The van der Waals surface area contributed by atoms with Crippen molar-refractivity contribution in [2.45, 2.75) is 68.1 Å². The molecule has 6 atom stereocenters. The Kier molecular flexibility index (Phi) is 4.44. The number of hydrogen-bond acceptors (Lipinski definition) is 7. The van der Waals surface area contributed by atoms with Gasteiger partial charge in [-0.3, -0.25) is 9.08 Å². The Morgan fingerprint density at radius 3 is 2.71 bits per heavy atom. The normalized spacial score (nSPS) is 41.8. The molecule has 7 nitrogen and oxygen atoms in total. The molecule has 0 unspecified atom stereocenters. The van der Waals surface area contributed by atoms with Gasteiger partial charge in [0.25, 0.3) is 10.1 Å². The molecule has 1 saturated heterocycles. The second kappa shape index (κ2) is 6.90. The molecular weight excluding hydrogens is 454 g/mol. The van der Waals surface area contributed by atoms with Crippen LogP contribution in [-0.2, 0) is 30.9 Å². The molecule has 0 radical (unpaired) electrons. The van der Waals surface area contributed by atoms with Crippen molar-refractivity contribution < 1.29 is 26.8 Å². The fraction of sp³-hybridized carbons (Fsp3) is 0.769. The minimum absolute atomic E-state index is 0.0290. The maximum atomic E-state index is 12.0. The molecule has 2 spiro atoms. The lowest BCUT2D eigenvalue weighted by Crippen LogP contribution is -2.81. The van der Waals surface area contributed by atoms with Gasteiger partial charge in [0.1, 0.15) is 11.7 Å². The molecule has 1 aromatic carbocycles. The van der Waals surface area contributed by atoms with Crippen molar-refractivity contribution in [2.24, 2.45) is 17.3 Å². The van der Waals surface area contributed by atoms with Gasteiger partial charge in [-0.1, -0.05) is 6.07 Å². The predicted molar refractivity (Wildman–Crippen MR) is 126 cm³/mol. The number of rotatable bonds is 7. The van der Waals surface area contributed by atoms with Gasteiger partial charge >= 0.3 is 0 Å². The van der Waals surface area contributed by atoms with Crippen molar-refractivity contribution in [1.82, 2.24) is 4.90 Å². The number of likely N-dealkylation sites (tertiary alicyclic amines) is 1. The summed E-state index contributed by atoms with van der Waals surface area (Å²) in [6, 6.07) is 4.76. The summed E-state index contributed by atoms with van der Waals surface area (Å²) >= 11 is 0. The molecule has 0 N–H and O–H groups in total. The first kappa shape index (κ1) is 21.9. The van der Waals surface area contributed by atoms with E-state index in [1.807, 2.05) is 0 Å². The van der Waals surface area contributed by atoms with E-state index in [1.54, 1.807) is 14.2 Å². The van der Waals surface area contributed by atoms with Crippen molar-refractivity contribution in [2.75, 3.05) is 40.2 Å². The van der Waals surface area contributed by atoms with E-state index in [1.165, 1.54) is 30.5 Å². The van der Waals surface area contributed by atoms with E-state index in [0.29, 0.717) is 6.04 Å². The number of methoxy groups -OCH3 is 2. The van der Waals surface area contributed by atoms with Crippen molar-refractivity contribution >= 4 is 10.1 Å². The van der Waals surface area contributed by atoms with Crippen LogP contribution in [0.4, 0.5) is 0 Å². The first-order chi connectivity index (χ1) is 16.3. The molecule has 0 amide bonds. The van der Waals surface area contributed by atoms with Crippen LogP contribution in [0.2, 0.25) is 0 Å². The van der Waals surface area contributed by atoms with Crippen LogP contribution in [0.5, 0.6) is 11.5 Å². The van der Waals surface area contributed by atoms with E-state index in [4.69, 9.17) is 18.4 Å². The minimum Gasteiger partial charge on any atom is -0.493 e. The van der Waals surface area contributed by atoms with Crippen molar-refractivity contribution in [3.63, 3.8) is 0 Å². The van der Waals surface area contributed by atoms with Crippen LogP contribution < -0.4 is 9.47 Å². The van der Waals surface area contributed by atoms with Gasteiger partial charge in [0, 0.05) is 42.0 Å². The first-order valence-electron chi connectivity index (χ1n) is 12.8. The molecule has 4 saturated carbocycles. The highest BCUT2D eigenvalue weighted by molar-refractivity contribution is 7.85. The van der Waals surface area contributed by atoms with Crippen molar-refractivity contribution in [3.05, 3.63) is 23.3 Å².